The summed E-state index contributed by atoms with van der Waals surface area (Å²) in [4.78, 5) is 14.1. The molecule has 0 spiro atoms. The Morgan fingerprint density at radius 1 is 1.24 bits per heavy atom. The van der Waals surface area contributed by atoms with Crippen LogP contribution in [0.2, 0.25) is 0 Å². The predicted octanol–water partition coefficient (Wildman–Crippen LogP) is 1.71. The third-order valence-corrected chi connectivity index (χ3v) is 3.81. The summed E-state index contributed by atoms with van der Waals surface area (Å²) in [5.74, 6) is 0. The molecule has 0 radical (unpaired) electrons. The second-order valence-electron chi connectivity index (χ2n) is 5.44. The molecule has 1 saturated heterocycles. The van der Waals surface area contributed by atoms with Gasteiger partial charge in [-0.05, 0) is 32.7 Å². The topological polar surface area (TPSA) is 44.4 Å². The molecule has 0 aromatic heterocycles. The Balaban J connectivity index is 1.80. The number of nitrogens with zero attached hydrogens (tertiary/aromatic N) is 1. The molecule has 4 nitrogen and oxygen atoms in total. The normalized spacial score (nSPS) is 27.6. The molecule has 1 heterocycles. The van der Waals surface area contributed by atoms with Crippen molar-refractivity contribution in [3.8, 4) is 0 Å². The maximum atomic E-state index is 12.2. The molecule has 1 aliphatic carbocycles. The third-order valence-electron chi connectivity index (χ3n) is 3.81. The van der Waals surface area contributed by atoms with Gasteiger partial charge < -0.3 is 15.5 Å². The highest BCUT2D eigenvalue weighted by molar-refractivity contribution is 5.74. The number of hydrogen-bond acceptors (Lipinski definition) is 2. The fourth-order valence-electron chi connectivity index (χ4n) is 2.80. The van der Waals surface area contributed by atoms with Gasteiger partial charge in [-0.15, -0.1) is 0 Å². The first kappa shape index (κ1) is 12.7. The molecule has 2 amide bonds. The van der Waals surface area contributed by atoms with Crippen LogP contribution < -0.4 is 10.6 Å². The van der Waals surface area contributed by atoms with E-state index in [2.05, 4.69) is 17.6 Å². The van der Waals surface area contributed by atoms with E-state index in [-0.39, 0.29) is 6.03 Å². The SMILES string of the molecule is CC1CN(C(=O)NC2CCCCC2)CCCN1. The summed E-state index contributed by atoms with van der Waals surface area (Å²) in [6.07, 6.45) is 7.24. The molecule has 2 fully saturated rings. The van der Waals surface area contributed by atoms with E-state index in [0.717, 1.165) is 38.9 Å². The molecule has 17 heavy (non-hydrogen) atoms. The molecule has 1 aliphatic heterocycles. The van der Waals surface area contributed by atoms with Crippen LogP contribution in [-0.2, 0) is 0 Å². The third kappa shape index (κ3) is 3.87. The van der Waals surface area contributed by atoms with Crippen LogP contribution in [0.5, 0.6) is 0 Å². The summed E-state index contributed by atoms with van der Waals surface area (Å²) in [6, 6.07) is 0.977. The van der Waals surface area contributed by atoms with Crippen LogP contribution in [0.15, 0.2) is 0 Å². The zero-order chi connectivity index (χ0) is 12.1. The minimum atomic E-state index is 0.146. The molecule has 4 heteroatoms. The van der Waals surface area contributed by atoms with E-state index in [1.54, 1.807) is 0 Å². The molecule has 2 aliphatic rings. The first-order chi connectivity index (χ1) is 8.25. The van der Waals surface area contributed by atoms with Crippen molar-refractivity contribution < 1.29 is 4.79 Å². The Morgan fingerprint density at radius 2 is 2.00 bits per heavy atom. The molecule has 1 saturated carbocycles. The average molecular weight is 239 g/mol. The first-order valence-electron chi connectivity index (χ1n) is 7.04. The second-order valence-corrected chi connectivity index (χ2v) is 5.44. The summed E-state index contributed by atoms with van der Waals surface area (Å²) in [5.41, 5.74) is 0. The number of carbonyl (C=O) groups excluding carboxylic acids is 1. The van der Waals surface area contributed by atoms with Gasteiger partial charge in [0.2, 0.25) is 0 Å². The average Bonchev–Trinajstić information content (AvgIpc) is 2.55. The lowest BCUT2D eigenvalue weighted by Crippen LogP contribution is -2.48. The zero-order valence-corrected chi connectivity index (χ0v) is 10.9. The van der Waals surface area contributed by atoms with Gasteiger partial charge in [-0.1, -0.05) is 19.3 Å². The monoisotopic (exact) mass is 239 g/mol. The van der Waals surface area contributed by atoms with E-state index in [1.165, 1.54) is 19.3 Å². The van der Waals surface area contributed by atoms with Crippen molar-refractivity contribution in [2.24, 2.45) is 0 Å². The molecule has 0 aromatic rings. The predicted molar refractivity (Wildman–Crippen MR) is 69.1 cm³/mol. The van der Waals surface area contributed by atoms with Crippen LogP contribution in [0, 0.1) is 0 Å². The van der Waals surface area contributed by atoms with Gasteiger partial charge in [-0.25, -0.2) is 4.79 Å². The van der Waals surface area contributed by atoms with E-state index >= 15 is 0 Å². The van der Waals surface area contributed by atoms with E-state index < -0.39 is 0 Å². The van der Waals surface area contributed by atoms with Gasteiger partial charge in [0.15, 0.2) is 0 Å². The largest absolute Gasteiger partial charge is 0.335 e. The van der Waals surface area contributed by atoms with E-state index in [9.17, 15) is 4.79 Å². The fourth-order valence-corrected chi connectivity index (χ4v) is 2.80. The number of rotatable bonds is 1. The first-order valence-corrected chi connectivity index (χ1v) is 7.04. The molecule has 2 rings (SSSR count). The lowest BCUT2D eigenvalue weighted by molar-refractivity contribution is 0.189. The van der Waals surface area contributed by atoms with Crippen LogP contribution in [0.3, 0.4) is 0 Å². The summed E-state index contributed by atoms with van der Waals surface area (Å²) >= 11 is 0. The number of nitrogens with one attached hydrogen (secondary N) is 2. The van der Waals surface area contributed by atoms with Crippen LogP contribution in [0.1, 0.15) is 45.4 Å². The molecule has 1 unspecified atom stereocenters. The van der Waals surface area contributed by atoms with E-state index in [1.807, 2.05) is 4.90 Å². The Bertz CT molecular complexity index is 251. The minimum Gasteiger partial charge on any atom is -0.335 e. The molecule has 0 bridgehead atoms. The van der Waals surface area contributed by atoms with Crippen molar-refractivity contribution in [3.05, 3.63) is 0 Å². The van der Waals surface area contributed by atoms with Crippen molar-refractivity contribution in [3.63, 3.8) is 0 Å². The van der Waals surface area contributed by atoms with Crippen LogP contribution >= 0.6 is 0 Å². The van der Waals surface area contributed by atoms with Crippen LogP contribution in [0.25, 0.3) is 0 Å². The quantitative estimate of drug-likeness (QED) is 0.731. The number of amides is 2. The fraction of sp³-hybridized carbons (Fsp3) is 0.923. The summed E-state index contributed by atoms with van der Waals surface area (Å²) in [5, 5.41) is 6.61. The summed E-state index contributed by atoms with van der Waals surface area (Å²) in [6.45, 7) is 4.88. The van der Waals surface area contributed by atoms with Crippen molar-refractivity contribution in [2.45, 2.75) is 57.5 Å². The highest BCUT2D eigenvalue weighted by Gasteiger charge is 2.22. The Kier molecular flexibility index (Phi) is 4.66. The maximum absolute atomic E-state index is 12.2. The van der Waals surface area contributed by atoms with Gasteiger partial charge in [0.1, 0.15) is 0 Å². The van der Waals surface area contributed by atoms with E-state index in [4.69, 9.17) is 0 Å². The molecule has 1 atom stereocenters. The van der Waals surface area contributed by atoms with Crippen LogP contribution in [0.4, 0.5) is 4.79 Å². The minimum absolute atomic E-state index is 0.146. The molecular formula is C13H25N3O. The summed E-state index contributed by atoms with van der Waals surface area (Å²) in [7, 11) is 0. The van der Waals surface area contributed by atoms with Gasteiger partial charge in [-0.2, -0.15) is 0 Å². The molecule has 2 N–H and O–H groups in total. The smallest absolute Gasteiger partial charge is 0.317 e. The molecule has 98 valence electrons. The zero-order valence-electron chi connectivity index (χ0n) is 10.9. The van der Waals surface area contributed by atoms with Gasteiger partial charge in [0.05, 0.1) is 0 Å². The van der Waals surface area contributed by atoms with Crippen molar-refractivity contribution in [1.29, 1.82) is 0 Å². The number of urea groups is 1. The van der Waals surface area contributed by atoms with Crippen molar-refractivity contribution >= 4 is 6.03 Å². The maximum Gasteiger partial charge on any atom is 0.317 e. The highest BCUT2D eigenvalue weighted by Crippen LogP contribution is 2.17. The number of hydrogen-bond donors (Lipinski definition) is 2. The van der Waals surface area contributed by atoms with Crippen molar-refractivity contribution in [1.82, 2.24) is 15.5 Å². The van der Waals surface area contributed by atoms with Crippen LogP contribution in [-0.4, -0.2) is 42.6 Å². The van der Waals surface area contributed by atoms with Gasteiger partial charge >= 0.3 is 6.03 Å². The Hall–Kier alpha value is -0.770. The summed E-state index contributed by atoms with van der Waals surface area (Å²) < 4.78 is 0. The Morgan fingerprint density at radius 3 is 2.76 bits per heavy atom. The molecular weight excluding hydrogens is 214 g/mol. The second kappa shape index (κ2) is 6.24. The lowest BCUT2D eigenvalue weighted by atomic mass is 9.96. The highest BCUT2D eigenvalue weighted by atomic mass is 16.2. The van der Waals surface area contributed by atoms with E-state index in [0.29, 0.717) is 12.1 Å². The van der Waals surface area contributed by atoms with Gasteiger partial charge in [0, 0.05) is 25.2 Å². The van der Waals surface area contributed by atoms with Gasteiger partial charge in [0.25, 0.3) is 0 Å². The molecule has 0 aromatic carbocycles. The van der Waals surface area contributed by atoms with Gasteiger partial charge in [-0.3, -0.25) is 0 Å². The van der Waals surface area contributed by atoms with Crippen molar-refractivity contribution in [2.75, 3.05) is 19.6 Å². The number of carbonyl (C=O) groups is 1. The lowest BCUT2D eigenvalue weighted by Gasteiger charge is -2.28. The Labute approximate surface area is 104 Å². The standard InChI is InChI=1S/C13H25N3O/c1-11-10-16(9-5-8-14-11)13(17)15-12-6-3-2-4-7-12/h11-12,14H,2-10H2,1H3,(H,15,17).